The first-order valence-electron chi connectivity index (χ1n) is 7.78. The summed E-state index contributed by atoms with van der Waals surface area (Å²) in [6.07, 6.45) is 0.384. The summed E-state index contributed by atoms with van der Waals surface area (Å²) in [5.74, 6) is 1.05. The molecule has 0 aliphatic carbocycles. The Morgan fingerprint density at radius 3 is 2.83 bits per heavy atom. The Labute approximate surface area is 139 Å². The Hall–Kier alpha value is -2.83. The Morgan fingerprint density at radius 2 is 2.17 bits per heavy atom. The maximum Gasteiger partial charge on any atom is 0.265 e. The summed E-state index contributed by atoms with van der Waals surface area (Å²) < 4.78 is 10.7. The molecule has 0 bridgehead atoms. The number of hydrogen-bond donors (Lipinski definition) is 1. The number of hydrogen-bond acceptors (Lipinski definition) is 5. The molecular weight excluding hydrogens is 310 g/mol. The fourth-order valence-corrected chi connectivity index (χ4v) is 2.59. The summed E-state index contributed by atoms with van der Waals surface area (Å²) in [6.45, 7) is 5.78. The summed E-state index contributed by atoms with van der Waals surface area (Å²) >= 11 is 0. The molecule has 2 amide bonds. The number of carbonyl (C=O) groups excluding carboxylic acids is 2. The molecule has 7 nitrogen and oxygen atoms in total. The van der Waals surface area contributed by atoms with Crippen LogP contribution in [0.4, 0.5) is 11.4 Å². The minimum absolute atomic E-state index is 0.0168. The molecule has 3 rings (SSSR count). The van der Waals surface area contributed by atoms with E-state index in [4.69, 9.17) is 9.26 Å². The van der Waals surface area contributed by atoms with Crippen molar-refractivity contribution in [2.45, 2.75) is 33.7 Å². The Kier molecular flexibility index (Phi) is 4.24. The molecule has 1 aliphatic rings. The van der Waals surface area contributed by atoms with Gasteiger partial charge in [0.25, 0.3) is 5.91 Å². The predicted octanol–water partition coefficient (Wildman–Crippen LogP) is 2.57. The van der Waals surface area contributed by atoms with Gasteiger partial charge in [0.1, 0.15) is 11.5 Å². The van der Waals surface area contributed by atoms with E-state index in [1.807, 2.05) is 13.8 Å². The molecule has 0 saturated carbocycles. The highest BCUT2D eigenvalue weighted by atomic mass is 16.5. The molecule has 0 saturated heterocycles. The van der Waals surface area contributed by atoms with Crippen molar-refractivity contribution in [2.75, 3.05) is 16.8 Å². The van der Waals surface area contributed by atoms with Gasteiger partial charge in [-0.2, -0.15) is 0 Å². The first-order valence-corrected chi connectivity index (χ1v) is 7.78. The van der Waals surface area contributed by atoms with Crippen LogP contribution in [-0.2, 0) is 16.1 Å². The molecule has 1 aromatic heterocycles. The fourth-order valence-electron chi connectivity index (χ4n) is 2.59. The number of carbonyl (C=O) groups is 2. The van der Waals surface area contributed by atoms with Crippen molar-refractivity contribution in [1.82, 2.24) is 5.16 Å². The Morgan fingerprint density at radius 1 is 1.38 bits per heavy atom. The zero-order valence-electron chi connectivity index (χ0n) is 13.9. The van der Waals surface area contributed by atoms with Crippen molar-refractivity contribution >= 4 is 23.2 Å². The topological polar surface area (TPSA) is 84.7 Å². The summed E-state index contributed by atoms with van der Waals surface area (Å²) in [6, 6.07) is 5.27. The molecule has 0 atom stereocenters. The van der Waals surface area contributed by atoms with Crippen LogP contribution in [0.2, 0.25) is 0 Å². The molecule has 0 unspecified atom stereocenters. The average Bonchev–Trinajstić information content (AvgIpc) is 2.89. The van der Waals surface area contributed by atoms with Gasteiger partial charge in [-0.1, -0.05) is 12.1 Å². The van der Waals surface area contributed by atoms with Crippen molar-refractivity contribution in [3.8, 4) is 5.75 Å². The highest BCUT2D eigenvalue weighted by Crippen LogP contribution is 2.36. The number of amides is 2. The van der Waals surface area contributed by atoms with Crippen LogP contribution in [0, 0.1) is 13.8 Å². The number of nitrogens with one attached hydrogen (secondary N) is 1. The minimum atomic E-state index is -0.151. The maximum absolute atomic E-state index is 12.4. The van der Waals surface area contributed by atoms with Crippen molar-refractivity contribution in [3.05, 3.63) is 35.2 Å². The molecule has 126 valence electrons. The average molecular weight is 329 g/mol. The molecule has 0 radical (unpaired) electrons. The van der Waals surface area contributed by atoms with Crippen molar-refractivity contribution in [3.63, 3.8) is 0 Å². The zero-order chi connectivity index (χ0) is 17.3. The molecule has 7 heteroatoms. The van der Waals surface area contributed by atoms with E-state index in [9.17, 15) is 9.59 Å². The van der Waals surface area contributed by atoms with Gasteiger partial charge in [0.2, 0.25) is 5.91 Å². The normalized spacial score (nSPS) is 13.5. The van der Waals surface area contributed by atoms with E-state index in [0.29, 0.717) is 35.9 Å². The first-order chi connectivity index (χ1) is 11.5. The second kappa shape index (κ2) is 6.35. The first kappa shape index (κ1) is 16.0. The van der Waals surface area contributed by atoms with Crippen LogP contribution in [0.3, 0.4) is 0 Å². The molecule has 2 heterocycles. The summed E-state index contributed by atoms with van der Waals surface area (Å²) in [7, 11) is 0. The second-order valence-corrected chi connectivity index (χ2v) is 5.66. The number of ether oxygens (including phenoxy) is 1. The third-order valence-corrected chi connectivity index (χ3v) is 4.00. The molecule has 2 aromatic rings. The molecule has 1 aromatic carbocycles. The van der Waals surface area contributed by atoms with Crippen LogP contribution in [-0.4, -0.2) is 23.6 Å². The molecular formula is C17H19N3O4. The minimum Gasteiger partial charge on any atom is -0.482 e. The number of anilines is 2. The number of rotatable bonds is 4. The van der Waals surface area contributed by atoms with Gasteiger partial charge in [0, 0.05) is 17.7 Å². The predicted molar refractivity (Wildman–Crippen MR) is 88.0 cm³/mol. The van der Waals surface area contributed by atoms with Crippen molar-refractivity contribution in [2.24, 2.45) is 0 Å². The van der Waals surface area contributed by atoms with Gasteiger partial charge < -0.3 is 19.5 Å². The number of nitrogens with zero attached hydrogens (tertiary/aromatic N) is 2. The smallest absolute Gasteiger partial charge is 0.265 e. The van der Waals surface area contributed by atoms with Gasteiger partial charge in [-0.25, -0.2) is 0 Å². The zero-order valence-corrected chi connectivity index (χ0v) is 13.9. The van der Waals surface area contributed by atoms with Crippen molar-refractivity contribution in [1.29, 1.82) is 0 Å². The Balaban J connectivity index is 1.95. The van der Waals surface area contributed by atoms with Crippen LogP contribution in [0.15, 0.2) is 22.7 Å². The quantitative estimate of drug-likeness (QED) is 0.932. The van der Waals surface area contributed by atoms with E-state index in [-0.39, 0.29) is 18.4 Å². The van der Waals surface area contributed by atoms with E-state index in [1.54, 1.807) is 30.0 Å². The number of aryl methyl sites for hydroxylation is 2. The van der Waals surface area contributed by atoms with Gasteiger partial charge in [-0.15, -0.1) is 0 Å². The van der Waals surface area contributed by atoms with E-state index in [2.05, 4.69) is 10.5 Å². The van der Waals surface area contributed by atoms with Gasteiger partial charge in [-0.05, 0) is 32.0 Å². The van der Waals surface area contributed by atoms with Gasteiger partial charge in [0.05, 0.1) is 17.9 Å². The molecule has 1 N–H and O–H groups in total. The summed E-state index contributed by atoms with van der Waals surface area (Å²) in [4.78, 5) is 25.6. The largest absolute Gasteiger partial charge is 0.482 e. The molecule has 0 fully saturated rings. The van der Waals surface area contributed by atoms with E-state index in [0.717, 1.165) is 11.3 Å². The third-order valence-electron chi connectivity index (χ3n) is 4.00. The summed E-state index contributed by atoms with van der Waals surface area (Å²) in [5, 5.41) is 6.72. The van der Waals surface area contributed by atoms with E-state index >= 15 is 0 Å². The molecule has 1 aliphatic heterocycles. The highest BCUT2D eigenvalue weighted by molar-refractivity contribution is 5.99. The van der Waals surface area contributed by atoms with Gasteiger partial charge in [-0.3, -0.25) is 9.59 Å². The third kappa shape index (κ3) is 2.97. The maximum atomic E-state index is 12.4. The lowest BCUT2D eigenvalue weighted by atomic mass is 10.1. The lowest BCUT2D eigenvalue weighted by molar-refractivity contribution is -0.121. The van der Waals surface area contributed by atoms with Crippen LogP contribution >= 0.6 is 0 Å². The van der Waals surface area contributed by atoms with Crippen LogP contribution in [0.1, 0.15) is 30.4 Å². The van der Waals surface area contributed by atoms with Gasteiger partial charge >= 0.3 is 0 Å². The van der Waals surface area contributed by atoms with Crippen LogP contribution in [0.5, 0.6) is 5.75 Å². The fraction of sp³-hybridized carbons (Fsp3) is 0.353. The highest BCUT2D eigenvalue weighted by Gasteiger charge is 2.28. The van der Waals surface area contributed by atoms with Crippen LogP contribution < -0.4 is 15.0 Å². The number of fused-ring (bicyclic) bond motifs is 1. The van der Waals surface area contributed by atoms with Crippen LogP contribution in [0.25, 0.3) is 0 Å². The monoisotopic (exact) mass is 329 g/mol. The lowest BCUT2D eigenvalue weighted by Crippen LogP contribution is -2.38. The molecule has 24 heavy (non-hydrogen) atoms. The Bertz CT molecular complexity index is 778. The second-order valence-electron chi connectivity index (χ2n) is 5.66. The molecule has 0 spiro atoms. The van der Waals surface area contributed by atoms with Crippen molar-refractivity contribution < 1.29 is 18.8 Å². The summed E-state index contributed by atoms with van der Waals surface area (Å²) in [5.41, 5.74) is 2.88. The standard InChI is InChI=1S/C17H19N3O4/c1-4-16(21)18-12-5-6-15-14(7-12)20(17(22)9-23-15)8-13-10(2)19-24-11(13)3/h5-7H,4,8-9H2,1-3H3,(H,18,21). The van der Waals surface area contributed by atoms with E-state index < -0.39 is 0 Å². The van der Waals surface area contributed by atoms with E-state index in [1.165, 1.54) is 0 Å². The number of benzene rings is 1. The SMILES string of the molecule is CCC(=O)Nc1ccc2c(c1)N(Cc1c(C)noc1C)C(=O)CO2. The number of aromatic nitrogens is 1. The lowest BCUT2D eigenvalue weighted by Gasteiger charge is -2.29. The van der Waals surface area contributed by atoms with Gasteiger partial charge in [0.15, 0.2) is 6.61 Å².